The van der Waals surface area contributed by atoms with E-state index in [1.54, 1.807) is 0 Å². The van der Waals surface area contributed by atoms with E-state index in [2.05, 4.69) is 16.9 Å². The van der Waals surface area contributed by atoms with Gasteiger partial charge in [0, 0.05) is 13.6 Å². The highest BCUT2D eigenvalue weighted by Crippen LogP contribution is 2.07. The standard InChI is InChI=1S/C10H15N3O2/c1-3-4-5-13(2)9-7-11-8(6-12-9)10(14)15/h6-7H,3-5H2,1-2H3,(H,14,15). The summed E-state index contributed by atoms with van der Waals surface area (Å²) in [5, 5.41) is 8.64. The lowest BCUT2D eigenvalue weighted by atomic mass is 10.3. The first-order chi connectivity index (χ1) is 7.15. The maximum atomic E-state index is 10.5. The van der Waals surface area contributed by atoms with Gasteiger partial charge in [-0.05, 0) is 6.42 Å². The molecule has 0 atom stereocenters. The van der Waals surface area contributed by atoms with Gasteiger partial charge in [0.15, 0.2) is 5.69 Å². The zero-order valence-electron chi connectivity index (χ0n) is 8.97. The van der Waals surface area contributed by atoms with E-state index in [1.165, 1.54) is 12.4 Å². The minimum absolute atomic E-state index is 0.0253. The highest BCUT2D eigenvalue weighted by molar-refractivity contribution is 5.84. The third-order valence-electron chi connectivity index (χ3n) is 2.10. The number of rotatable bonds is 5. The van der Waals surface area contributed by atoms with Crippen molar-refractivity contribution >= 4 is 11.8 Å². The Labute approximate surface area is 88.8 Å². The third-order valence-corrected chi connectivity index (χ3v) is 2.10. The van der Waals surface area contributed by atoms with E-state index in [1.807, 2.05) is 11.9 Å². The number of hydrogen-bond acceptors (Lipinski definition) is 4. The summed E-state index contributed by atoms with van der Waals surface area (Å²) >= 11 is 0. The van der Waals surface area contributed by atoms with Gasteiger partial charge in [-0.3, -0.25) is 0 Å². The van der Waals surface area contributed by atoms with Crippen LogP contribution in [0.2, 0.25) is 0 Å². The zero-order chi connectivity index (χ0) is 11.3. The van der Waals surface area contributed by atoms with Crippen molar-refractivity contribution in [2.75, 3.05) is 18.5 Å². The fourth-order valence-corrected chi connectivity index (χ4v) is 1.14. The minimum Gasteiger partial charge on any atom is -0.476 e. The second-order valence-corrected chi connectivity index (χ2v) is 3.34. The fraction of sp³-hybridized carbons (Fsp3) is 0.500. The topological polar surface area (TPSA) is 66.3 Å². The van der Waals surface area contributed by atoms with E-state index < -0.39 is 5.97 Å². The van der Waals surface area contributed by atoms with E-state index in [9.17, 15) is 4.79 Å². The Bertz CT molecular complexity index is 324. The normalized spacial score (nSPS) is 10.0. The Morgan fingerprint density at radius 2 is 2.20 bits per heavy atom. The average Bonchev–Trinajstić information content (AvgIpc) is 2.26. The molecule has 0 aliphatic rings. The van der Waals surface area contributed by atoms with E-state index in [-0.39, 0.29) is 5.69 Å². The molecule has 1 aromatic rings. The van der Waals surface area contributed by atoms with Gasteiger partial charge in [0.05, 0.1) is 12.4 Å². The molecule has 5 nitrogen and oxygen atoms in total. The molecule has 0 aliphatic heterocycles. The van der Waals surface area contributed by atoms with Gasteiger partial charge in [-0.25, -0.2) is 14.8 Å². The van der Waals surface area contributed by atoms with Gasteiger partial charge in [0.25, 0.3) is 0 Å². The van der Waals surface area contributed by atoms with E-state index in [0.29, 0.717) is 5.82 Å². The van der Waals surface area contributed by atoms with Gasteiger partial charge in [0.1, 0.15) is 5.82 Å². The van der Waals surface area contributed by atoms with Crippen LogP contribution in [0.4, 0.5) is 5.82 Å². The van der Waals surface area contributed by atoms with Crippen molar-refractivity contribution in [2.45, 2.75) is 19.8 Å². The number of aromatic nitrogens is 2. The largest absolute Gasteiger partial charge is 0.476 e. The number of aromatic carboxylic acids is 1. The predicted octanol–water partition coefficient (Wildman–Crippen LogP) is 1.41. The number of nitrogens with zero attached hydrogens (tertiary/aromatic N) is 3. The number of carboxylic acids is 1. The summed E-state index contributed by atoms with van der Waals surface area (Å²) < 4.78 is 0. The van der Waals surface area contributed by atoms with Crippen molar-refractivity contribution in [1.29, 1.82) is 0 Å². The summed E-state index contributed by atoms with van der Waals surface area (Å²) in [6.07, 6.45) is 4.96. The molecule has 0 aromatic carbocycles. The second kappa shape index (κ2) is 5.29. The van der Waals surface area contributed by atoms with Crippen LogP contribution >= 0.6 is 0 Å². The average molecular weight is 209 g/mol. The molecule has 1 heterocycles. The molecule has 1 aromatic heterocycles. The molecule has 0 bridgehead atoms. The number of hydrogen-bond donors (Lipinski definition) is 1. The van der Waals surface area contributed by atoms with Crippen LogP contribution in [0.1, 0.15) is 30.3 Å². The van der Waals surface area contributed by atoms with Gasteiger partial charge < -0.3 is 10.0 Å². The first-order valence-corrected chi connectivity index (χ1v) is 4.91. The fourth-order valence-electron chi connectivity index (χ4n) is 1.14. The molecule has 0 saturated heterocycles. The summed E-state index contributed by atoms with van der Waals surface area (Å²) in [5.74, 6) is -0.348. The van der Waals surface area contributed by atoms with E-state index in [4.69, 9.17) is 5.11 Å². The molecule has 5 heteroatoms. The summed E-state index contributed by atoms with van der Waals surface area (Å²) in [4.78, 5) is 20.3. The maximum Gasteiger partial charge on any atom is 0.356 e. The van der Waals surface area contributed by atoms with Crippen molar-refractivity contribution in [3.63, 3.8) is 0 Å². The SMILES string of the molecule is CCCCN(C)c1cnc(C(=O)O)cn1. The second-order valence-electron chi connectivity index (χ2n) is 3.34. The molecular weight excluding hydrogens is 194 g/mol. The molecule has 0 radical (unpaired) electrons. The van der Waals surface area contributed by atoms with Crippen LogP contribution in [0.25, 0.3) is 0 Å². The summed E-state index contributed by atoms with van der Waals surface area (Å²) in [6.45, 7) is 3.02. The lowest BCUT2D eigenvalue weighted by Crippen LogP contribution is -2.20. The number of anilines is 1. The highest BCUT2D eigenvalue weighted by Gasteiger charge is 2.06. The number of carboxylic acid groups (broad SMARTS) is 1. The van der Waals surface area contributed by atoms with Crippen LogP contribution in [-0.4, -0.2) is 34.6 Å². The molecule has 1 N–H and O–H groups in total. The first kappa shape index (κ1) is 11.4. The quantitative estimate of drug-likeness (QED) is 0.794. The molecule has 1 rings (SSSR count). The molecule has 0 spiro atoms. The minimum atomic E-state index is -1.05. The Morgan fingerprint density at radius 1 is 1.47 bits per heavy atom. The van der Waals surface area contributed by atoms with Crippen LogP contribution in [0.15, 0.2) is 12.4 Å². The highest BCUT2D eigenvalue weighted by atomic mass is 16.4. The summed E-state index contributed by atoms with van der Waals surface area (Å²) in [7, 11) is 1.92. The van der Waals surface area contributed by atoms with Crippen molar-refractivity contribution in [1.82, 2.24) is 9.97 Å². The molecular formula is C10H15N3O2. The van der Waals surface area contributed by atoms with Crippen molar-refractivity contribution in [3.8, 4) is 0 Å². The number of carbonyl (C=O) groups is 1. The van der Waals surface area contributed by atoms with Crippen molar-refractivity contribution in [3.05, 3.63) is 18.1 Å². The van der Waals surface area contributed by atoms with E-state index in [0.717, 1.165) is 19.4 Å². The molecule has 15 heavy (non-hydrogen) atoms. The van der Waals surface area contributed by atoms with Crippen LogP contribution < -0.4 is 4.90 Å². The zero-order valence-corrected chi connectivity index (χ0v) is 8.97. The van der Waals surface area contributed by atoms with Gasteiger partial charge in [-0.1, -0.05) is 13.3 Å². The van der Waals surface area contributed by atoms with Gasteiger partial charge >= 0.3 is 5.97 Å². The van der Waals surface area contributed by atoms with Crippen molar-refractivity contribution in [2.24, 2.45) is 0 Å². The van der Waals surface area contributed by atoms with Gasteiger partial charge in [-0.15, -0.1) is 0 Å². The summed E-state index contributed by atoms with van der Waals surface area (Å²) in [5.41, 5.74) is -0.0253. The lowest BCUT2D eigenvalue weighted by Gasteiger charge is -2.16. The van der Waals surface area contributed by atoms with Crippen LogP contribution in [-0.2, 0) is 0 Å². The number of unbranched alkanes of at least 4 members (excludes halogenated alkanes) is 1. The maximum absolute atomic E-state index is 10.5. The monoisotopic (exact) mass is 209 g/mol. The lowest BCUT2D eigenvalue weighted by molar-refractivity contribution is 0.0690. The van der Waals surface area contributed by atoms with Crippen molar-refractivity contribution < 1.29 is 9.90 Å². The Kier molecular flexibility index (Phi) is 4.03. The molecule has 0 fully saturated rings. The Balaban J connectivity index is 2.66. The van der Waals surface area contributed by atoms with E-state index >= 15 is 0 Å². The van der Waals surface area contributed by atoms with Crippen LogP contribution in [0.5, 0.6) is 0 Å². The Morgan fingerprint density at radius 3 is 2.67 bits per heavy atom. The summed E-state index contributed by atoms with van der Waals surface area (Å²) in [6, 6.07) is 0. The Hall–Kier alpha value is -1.65. The van der Waals surface area contributed by atoms with Crippen LogP contribution in [0, 0.1) is 0 Å². The van der Waals surface area contributed by atoms with Gasteiger partial charge in [0.2, 0.25) is 0 Å². The first-order valence-electron chi connectivity index (χ1n) is 4.91. The van der Waals surface area contributed by atoms with Gasteiger partial charge in [-0.2, -0.15) is 0 Å². The smallest absolute Gasteiger partial charge is 0.356 e. The molecule has 0 unspecified atom stereocenters. The van der Waals surface area contributed by atoms with Crippen LogP contribution in [0.3, 0.4) is 0 Å². The molecule has 0 aliphatic carbocycles. The molecule has 0 saturated carbocycles. The molecule has 82 valence electrons. The molecule has 0 amide bonds. The predicted molar refractivity (Wildman–Crippen MR) is 57.2 cm³/mol. The third kappa shape index (κ3) is 3.19.